The van der Waals surface area contributed by atoms with Crippen molar-refractivity contribution in [3.05, 3.63) is 29.8 Å². The summed E-state index contributed by atoms with van der Waals surface area (Å²) in [6.07, 6.45) is 4.21. The van der Waals surface area contributed by atoms with Crippen LogP contribution in [0.4, 0.5) is 4.79 Å². The van der Waals surface area contributed by atoms with Gasteiger partial charge >= 0.3 is 6.09 Å². The monoisotopic (exact) mass is 402 g/mol. The van der Waals surface area contributed by atoms with Crippen molar-refractivity contribution in [3.8, 4) is 5.75 Å². The summed E-state index contributed by atoms with van der Waals surface area (Å²) in [5, 5.41) is 0. The lowest BCUT2D eigenvalue weighted by atomic mass is 9.73. The smallest absolute Gasteiger partial charge is 0.410 e. The third-order valence-corrected chi connectivity index (χ3v) is 5.84. The minimum absolute atomic E-state index is 0.0109. The molecule has 0 saturated carbocycles. The summed E-state index contributed by atoms with van der Waals surface area (Å²) in [5.41, 5.74) is 0.492. The van der Waals surface area contributed by atoms with Crippen molar-refractivity contribution < 1.29 is 19.1 Å². The Labute approximate surface area is 174 Å². The Morgan fingerprint density at radius 3 is 2.17 bits per heavy atom. The van der Waals surface area contributed by atoms with Crippen molar-refractivity contribution in [2.45, 2.75) is 58.5 Å². The molecule has 2 saturated heterocycles. The highest BCUT2D eigenvalue weighted by atomic mass is 16.6. The summed E-state index contributed by atoms with van der Waals surface area (Å²) in [6.45, 7) is 8.61. The first-order valence-corrected chi connectivity index (χ1v) is 10.6. The fourth-order valence-electron chi connectivity index (χ4n) is 4.47. The number of ether oxygens (including phenoxy) is 2. The first-order valence-electron chi connectivity index (χ1n) is 10.6. The van der Waals surface area contributed by atoms with Gasteiger partial charge in [0.25, 0.3) is 0 Å². The molecule has 29 heavy (non-hydrogen) atoms. The number of piperidine rings is 2. The van der Waals surface area contributed by atoms with Crippen LogP contribution in [0.5, 0.6) is 5.75 Å². The summed E-state index contributed by atoms with van der Waals surface area (Å²) in [7, 11) is 1.64. The van der Waals surface area contributed by atoms with Gasteiger partial charge in [0.2, 0.25) is 5.91 Å². The molecule has 1 aromatic rings. The molecule has 2 aliphatic rings. The number of methoxy groups -OCH3 is 1. The number of hydrogen-bond acceptors (Lipinski definition) is 4. The van der Waals surface area contributed by atoms with Crippen LogP contribution >= 0.6 is 0 Å². The lowest BCUT2D eigenvalue weighted by molar-refractivity contribution is -0.135. The molecule has 0 radical (unpaired) electrons. The standard InChI is InChI=1S/C23H34N2O4/c1-22(2,3)29-21(27)25-14-6-12-23(17-25)11-5-13-24(16-23)20(26)15-18-7-9-19(28-4)10-8-18/h7-10H,5-6,11-17H2,1-4H3. The van der Waals surface area contributed by atoms with E-state index >= 15 is 0 Å². The molecule has 0 aliphatic carbocycles. The highest BCUT2D eigenvalue weighted by molar-refractivity contribution is 5.79. The minimum Gasteiger partial charge on any atom is -0.497 e. The third-order valence-electron chi connectivity index (χ3n) is 5.84. The quantitative estimate of drug-likeness (QED) is 0.770. The maximum atomic E-state index is 12.9. The minimum atomic E-state index is -0.491. The Kier molecular flexibility index (Phi) is 6.39. The highest BCUT2D eigenvalue weighted by Gasteiger charge is 2.42. The van der Waals surface area contributed by atoms with Crippen molar-refractivity contribution >= 4 is 12.0 Å². The molecular weight excluding hydrogens is 368 g/mol. The van der Waals surface area contributed by atoms with Crippen molar-refractivity contribution in [1.29, 1.82) is 0 Å². The van der Waals surface area contributed by atoms with Gasteiger partial charge in [-0.15, -0.1) is 0 Å². The first-order chi connectivity index (χ1) is 13.7. The van der Waals surface area contributed by atoms with E-state index in [0.29, 0.717) is 13.0 Å². The van der Waals surface area contributed by atoms with Crippen LogP contribution in [0.15, 0.2) is 24.3 Å². The van der Waals surface area contributed by atoms with E-state index in [9.17, 15) is 9.59 Å². The van der Waals surface area contributed by atoms with Crippen LogP contribution in [-0.2, 0) is 16.0 Å². The van der Waals surface area contributed by atoms with Crippen molar-refractivity contribution in [3.63, 3.8) is 0 Å². The van der Waals surface area contributed by atoms with E-state index in [0.717, 1.165) is 56.6 Å². The Bertz CT molecular complexity index is 721. The number of benzene rings is 1. The predicted molar refractivity (Wildman–Crippen MR) is 112 cm³/mol. The second-order valence-corrected chi connectivity index (χ2v) is 9.45. The van der Waals surface area contributed by atoms with E-state index in [1.165, 1.54) is 0 Å². The molecule has 1 unspecified atom stereocenters. The zero-order chi connectivity index (χ0) is 21.1. The Hall–Kier alpha value is -2.24. The molecular formula is C23H34N2O4. The second kappa shape index (κ2) is 8.64. The van der Waals surface area contributed by atoms with Gasteiger partial charge in [0, 0.05) is 31.6 Å². The Balaban J connectivity index is 1.62. The summed E-state index contributed by atoms with van der Waals surface area (Å²) >= 11 is 0. The maximum Gasteiger partial charge on any atom is 0.410 e. The fraction of sp³-hybridized carbons (Fsp3) is 0.652. The molecule has 2 heterocycles. The topological polar surface area (TPSA) is 59.1 Å². The molecule has 3 rings (SSSR count). The van der Waals surface area contributed by atoms with Crippen molar-refractivity contribution in [2.75, 3.05) is 33.3 Å². The fourth-order valence-corrected chi connectivity index (χ4v) is 4.47. The zero-order valence-corrected chi connectivity index (χ0v) is 18.2. The largest absolute Gasteiger partial charge is 0.497 e. The second-order valence-electron chi connectivity index (χ2n) is 9.45. The van der Waals surface area contributed by atoms with Crippen LogP contribution < -0.4 is 4.74 Å². The van der Waals surface area contributed by atoms with Gasteiger partial charge in [0.15, 0.2) is 0 Å². The Morgan fingerprint density at radius 1 is 1.00 bits per heavy atom. The number of hydrogen-bond donors (Lipinski definition) is 0. The molecule has 0 aromatic heterocycles. The van der Waals surface area contributed by atoms with Crippen molar-refractivity contribution in [2.24, 2.45) is 5.41 Å². The number of likely N-dealkylation sites (tertiary alicyclic amines) is 2. The van der Waals surface area contributed by atoms with E-state index in [-0.39, 0.29) is 17.4 Å². The summed E-state index contributed by atoms with van der Waals surface area (Å²) < 4.78 is 10.8. The van der Waals surface area contributed by atoms with Gasteiger partial charge < -0.3 is 19.3 Å². The summed E-state index contributed by atoms with van der Waals surface area (Å²) in [5.74, 6) is 0.950. The average Bonchev–Trinajstić information content (AvgIpc) is 2.67. The van der Waals surface area contributed by atoms with Gasteiger partial charge in [0.1, 0.15) is 11.4 Å². The van der Waals surface area contributed by atoms with Gasteiger partial charge in [0.05, 0.1) is 13.5 Å². The van der Waals surface area contributed by atoms with E-state index in [2.05, 4.69) is 0 Å². The lowest BCUT2D eigenvalue weighted by Crippen LogP contribution is -2.55. The molecule has 2 amide bonds. The highest BCUT2D eigenvalue weighted by Crippen LogP contribution is 2.39. The van der Waals surface area contributed by atoms with Crippen LogP contribution in [0.25, 0.3) is 0 Å². The van der Waals surface area contributed by atoms with Gasteiger partial charge in [-0.1, -0.05) is 12.1 Å². The average molecular weight is 403 g/mol. The van der Waals surface area contributed by atoms with Crippen LogP contribution in [0.3, 0.4) is 0 Å². The Morgan fingerprint density at radius 2 is 1.59 bits per heavy atom. The first kappa shape index (κ1) is 21.5. The molecule has 1 spiro atoms. The van der Waals surface area contributed by atoms with E-state index in [1.54, 1.807) is 7.11 Å². The molecule has 6 heteroatoms. The number of rotatable bonds is 3. The normalized spacial score (nSPS) is 22.5. The van der Waals surface area contributed by atoms with Crippen LogP contribution in [0, 0.1) is 5.41 Å². The van der Waals surface area contributed by atoms with Crippen LogP contribution in [-0.4, -0.2) is 60.7 Å². The number of nitrogens with zero attached hydrogens (tertiary/aromatic N) is 2. The van der Waals surface area contributed by atoms with Gasteiger partial charge in [-0.25, -0.2) is 4.79 Å². The van der Waals surface area contributed by atoms with Gasteiger partial charge in [-0.05, 0) is 64.2 Å². The predicted octanol–water partition coefficient (Wildman–Crippen LogP) is 3.88. The molecule has 0 N–H and O–H groups in total. The third kappa shape index (κ3) is 5.64. The zero-order valence-electron chi connectivity index (χ0n) is 18.2. The van der Waals surface area contributed by atoms with Crippen LogP contribution in [0.1, 0.15) is 52.0 Å². The molecule has 0 bridgehead atoms. The van der Waals surface area contributed by atoms with E-state index in [4.69, 9.17) is 9.47 Å². The maximum absolute atomic E-state index is 12.9. The number of carbonyl (C=O) groups is 2. The lowest BCUT2D eigenvalue weighted by Gasteiger charge is -2.48. The SMILES string of the molecule is COc1ccc(CC(=O)N2CCCC3(CCCN(C(=O)OC(C)(C)C)C3)C2)cc1. The molecule has 2 aliphatic heterocycles. The molecule has 6 nitrogen and oxygen atoms in total. The molecule has 1 atom stereocenters. The number of carbonyl (C=O) groups excluding carboxylic acids is 2. The number of amides is 2. The molecule has 1 aromatic carbocycles. The molecule has 160 valence electrons. The van der Waals surface area contributed by atoms with Crippen LogP contribution in [0.2, 0.25) is 0 Å². The van der Waals surface area contributed by atoms with E-state index < -0.39 is 5.60 Å². The van der Waals surface area contributed by atoms with E-state index in [1.807, 2.05) is 54.8 Å². The summed E-state index contributed by atoms with van der Waals surface area (Å²) in [6, 6.07) is 7.67. The summed E-state index contributed by atoms with van der Waals surface area (Å²) in [4.78, 5) is 29.3. The molecule has 2 fully saturated rings. The van der Waals surface area contributed by atoms with Gasteiger partial charge in [-0.3, -0.25) is 4.79 Å². The van der Waals surface area contributed by atoms with Gasteiger partial charge in [-0.2, -0.15) is 0 Å². The van der Waals surface area contributed by atoms with Crippen molar-refractivity contribution in [1.82, 2.24) is 9.80 Å².